The fourth-order valence-corrected chi connectivity index (χ4v) is 1.93. The SMILES string of the molecule is Cc1cc(F)ccc1Oc1ccc(N)c(OCC2CC2)n1. The van der Waals surface area contributed by atoms with Crippen molar-refractivity contribution in [3.63, 3.8) is 0 Å². The third-order valence-corrected chi connectivity index (χ3v) is 3.37. The van der Waals surface area contributed by atoms with Crippen molar-refractivity contribution < 1.29 is 13.9 Å². The lowest BCUT2D eigenvalue weighted by molar-refractivity contribution is 0.286. The molecule has 0 unspecified atom stereocenters. The highest BCUT2D eigenvalue weighted by molar-refractivity contribution is 5.50. The molecule has 0 saturated heterocycles. The van der Waals surface area contributed by atoms with Gasteiger partial charge in [-0.1, -0.05) is 0 Å². The first-order chi connectivity index (χ1) is 10.1. The van der Waals surface area contributed by atoms with Gasteiger partial charge in [0.15, 0.2) is 0 Å². The van der Waals surface area contributed by atoms with E-state index in [0.29, 0.717) is 41.3 Å². The molecule has 0 aliphatic heterocycles. The van der Waals surface area contributed by atoms with Crippen LogP contribution in [0.15, 0.2) is 30.3 Å². The molecular formula is C16H17FN2O2. The van der Waals surface area contributed by atoms with Gasteiger partial charge in [-0.25, -0.2) is 4.39 Å². The highest BCUT2D eigenvalue weighted by Gasteiger charge is 2.22. The van der Waals surface area contributed by atoms with Crippen LogP contribution in [0.2, 0.25) is 0 Å². The first-order valence-corrected chi connectivity index (χ1v) is 6.95. The van der Waals surface area contributed by atoms with Crippen molar-refractivity contribution in [2.45, 2.75) is 19.8 Å². The largest absolute Gasteiger partial charge is 0.476 e. The maximum absolute atomic E-state index is 13.1. The summed E-state index contributed by atoms with van der Waals surface area (Å²) >= 11 is 0. The third kappa shape index (κ3) is 3.42. The second-order valence-electron chi connectivity index (χ2n) is 5.31. The van der Waals surface area contributed by atoms with Gasteiger partial charge in [-0.05, 0) is 55.5 Å². The van der Waals surface area contributed by atoms with Crippen molar-refractivity contribution >= 4 is 5.69 Å². The van der Waals surface area contributed by atoms with Crippen molar-refractivity contribution in [1.29, 1.82) is 0 Å². The van der Waals surface area contributed by atoms with E-state index in [9.17, 15) is 4.39 Å². The molecule has 1 aliphatic carbocycles. The number of aromatic nitrogens is 1. The maximum Gasteiger partial charge on any atom is 0.240 e. The van der Waals surface area contributed by atoms with Crippen LogP contribution in [0.5, 0.6) is 17.5 Å². The van der Waals surface area contributed by atoms with Crippen LogP contribution in [0.3, 0.4) is 0 Å². The Hall–Kier alpha value is -2.30. The number of benzene rings is 1. The van der Waals surface area contributed by atoms with Crippen molar-refractivity contribution in [3.8, 4) is 17.5 Å². The van der Waals surface area contributed by atoms with E-state index in [1.807, 2.05) is 0 Å². The summed E-state index contributed by atoms with van der Waals surface area (Å²) in [6, 6.07) is 7.71. The number of nitrogens with zero attached hydrogens (tertiary/aromatic N) is 1. The Labute approximate surface area is 122 Å². The molecule has 21 heavy (non-hydrogen) atoms. The Bertz CT molecular complexity index is 657. The van der Waals surface area contributed by atoms with Crippen LogP contribution in [0.25, 0.3) is 0 Å². The molecule has 1 aromatic carbocycles. The lowest BCUT2D eigenvalue weighted by Gasteiger charge is -2.11. The molecule has 110 valence electrons. The number of ether oxygens (including phenoxy) is 2. The highest BCUT2D eigenvalue weighted by Crippen LogP contribution is 2.32. The summed E-state index contributed by atoms with van der Waals surface area (Å²) in [4.78, 5) is 4.27. The van der Waals surface area contributed by atoms with Gasteiger partial charge in [0.1, 0.15) is 11.6 Å². The number of anilines is 1. The summed E-state index contributed by atoms with van der Waals surface area (Å²) in [7, 11) is 0. The molecule has 0 atom stereocenters. The summed E-state index contributed by atoms with van der Waals surface area (Å²) < 4.78 is 24.4. The second-order valence-corrected chi connectivity index (χ2v) is 5.31. The highest BCUT2D eigenvalue weighted by atomic mass is 19.1. The van der Waals surface area contributed by atoms with Crippen LogP contribution in [-0.2, 0) is 0 Å². The van der Waals surface area contributed by atoms with Gasteiger partial charge in [0, 0.05) is 6.07 Å². The predicted octanol–water partition coefficient (Wildman–Crippen LogP) is 3.69. The van der Waals surface area contributed by atoms with Crippen LogP contribution in [0.4, 0.5) is 10.1 Å². The van der Waals surface area contributed by atoms with E-state index in [1.165, 1.54) is 25.0 Å². The molecule has 1 aliphatic rings. The minimum Gasteiger partial charge on any atom is -0.476 e. The Balaban J connectivity index is 1.76. The number of halogens is 1. The van der Waals surface area contributed by atoms with Crippen LogP contribution >= 0.6 is 0 Å². The summed E-state index contributed by atoms with van der Waals surface area (Å²) in [5.74, 6) is 1.65. The zero-order chi connectivity index (χ0) is 14.8. The van der Waals surface area contributed by atoms with Gasteiger partial charge < -0.3 is 15.2 Å². The molecule has 1 aromatic heterocycles. The van der Waals surface area contributed by atoms with E-state index in [0.717, 1.165) is 0 Å². The third-order valence-electron chi connectivity index (χ3n) is 3.37. The minimum absolute atomic E-state index is 0.293. The smallest absolute Gasteiger partial charge is 0.240 e. The molecule has 4 nitrogen and oxygen atoms in total. The summed E-state index contributed by atoms with van der Waals surface area (Å²) in [6.45, 7) is 2.41. The molecule has 0 spiro atoms. The fourth-order valence-electron chi connectivity index (χ4n) is 1.93. The van der Waals surface area contributed by atoms with Crippen LogP contribution in [-0.4, -0.2) is 11.6 Å². The number of aryl methyl sites for hydroxylation is 1. The number of nitrogens with two attached hydrogens (primary N) is 1. The Morgan fingerprint density at radius 2 is 2.10 bits per heavy atom. The molecule has 2 aromatic rings. The second kappa shape index (κ2) is 5.60. The first kappa shape index (κ1) is 13.7. The standard InChI is InChI=1S/C16H17FN2O2/c1-10-8-12(17)4-6-14(10)21-15-7-5-13(18)16(19-15)20-9-11-2-3-11/h4-8,11H,2-3,9,18H2,1H3. The van der Waals surface area contributed by atoms with Gasteiger partial charge in [-0.15, -0.1) is 0 Å². The molecule has 1 heterocycles. The average Bonchev–Trinajstić information content (AvgIpc) is 3.26. The molecule has 2 N–H and O–H groups in total. The minimum atomic E-state index is -0.293. The number of hydrogen-bond acceptors (Lipinski definition) is 4. The van der Waals surface area contributed by atoms with E-state index in [4.69, 9.17) is 15.2 Å². The summed E-state index contributed by atoms with van der Waals surface area (Å²) in [6.07, 6.45) is 2.40. The Kier molecular flexibility index (Phi) is 3.64. The molecule has 1 saturated carbocycles. The van der Waals surface area contributed by atoms with Gasteiger partial charge in [0.25, 0.3) is 0 Å². The number of hydrogen-bond donors (Lipinski definition) is 1. The molecular weight excluding hydrogens is 271 g/mol. The number of pyridine rings is 1. The summed E-state index contributed by atoms with van der Waals surface area (Å²) in [5.41, 5.74) is 7.03. The van der Waals surface area contributed by atoms with Crippen molar-refractivity contribution in [1.82, 2.24) is 4.98 Å². The van der Waals surface area contributed by atoms with E-state index in [1.54, 1.807) is 25.1 Å². The van der Waals surface area contributed by atoms with E-state index in [-0.39, 0.29) is 5.82 Å². The lowest BCUT2D eigenvalue weighted by atomic mass is 10.2. The van der Waals surface area contributed by atoms with Crippen LogP contribution in [0.1, 0.15) is 18.4 Å². The molecule has 0 bridgehead atoms. The maximum atomic E-state index is 13.1. The predicted molar refractivity (Wildman–Crippen MR) is 78.1 cm³/mol. The molecule has 0 amide bonds. The van der Waals surface area contributed by atoms with Crippen molar-refractivity contribution in [3.05, 3.63) is 41.7 Å². The monoisotopic (exact) mass is 288 g/mol. The van der Waals surface area contributed by atoms with Crippen LogP contribution < -0.4 is 15.2 Å². The van der Waals surface area contributed by atoms with Gasteiger partial charge >= 0.3 is 0 Å². The van der Waals surface area contributed by atoms with Gasteiger partial charge in [-0.2, -0.15) is 4.98 Å². The zero-order valence-corrected chi connectivity index (χ0v) is 11.8. The van der Waals surface area contributed by atoms with Gasteiger partial charge in [0.2, 0.25) is 11.8 Å². The normalized spacial score (nSPS) is 14.0. The topological polar surface area (TPSA) is 57.4 Å². The van der Waals surface area contributed by atoms with Gasteiger partial charge in [0.05, 0.1) is 12.3 Å². The lowest BCUT2D eigenvalue weighted by Crippen LogP contribution is -2.04. The number of nitrogen functional groups attached to an aromatic ring is 1. The van der Waals surface area contributed by atoms with E-state index >= 15 is 0 Å². The quantitative estimate of drug-likeness (QED) is 0.911. The molecule has 1 fully saturated rings. The zero-order valence-electron chi connectivity index (χ0n) is 11.8. The fraction of sp³-hybridized carbons (Fsp3) is 0.312. The number of rotatable bonds is 5. The van der Waals surface area contributed by atoms with E-state index < -0.39 is 0 Å². The molecule has 0 radical (unpaired) electrons. The van der Waals surface area contributed by atoms with E-state index in [2.05, 4.69) is 4.98 Å². The summed E-state index contributed by atoms with van der Waals surface area (Å²) in [5, 5.41) is 0. The van der Waals surface area contributed by atoms with Gasteiger partial charge in [-0.3, -0.25) is 0 Å². The van der Waals surface area contributed by atoms with Crippen LogP contribution in [0, 0.1) is 18.7 Å². The Morgan fingerprint density at radius 1 is 1.29 bits per heavy atom. The van der Waals surface area contributed by atoms with Crippen molar-refractivity contribution in [2.24, 2.45) is 5.92 Å². The molecule has 3 rings (SSSR count). The molecule has 5 heteroatoms. The Morgan fingerprint density at radius 3 is 2.81 bits per heavy atom. The average molecular weight is 288 g/mol. The first-order valence-electron chi connectivity index (χ1n) is 6.95. The van der Waals surface area contributed by atoms with Crippen molar-refractivity contribution in [2.75, 3.05) is 12.3 Å².